The van der Waals surface area contributed by atoms with Gasteiger partial charge in [0.2, 0.25) is 5.91 Å². The van der Waals surface area contributed by atoms with Crippen LogP contribution in [0, 0.1) is 0 Å². The van der Waals surface area contributed by atoms with E-state index in [0.29, 0.717) is 21.0 Å². The Balaban J connectivity index is 1.91. The molecule has 0 aromatic heterocycles. The van der Waals surface area contributed by atoms with Crippen molar-refractivity contribution in [2.75, 3.05) is 5.32 Å². The van der Waals surface area contributed by atoms with Crippen LogP contribution in [0.4, 0.5) is 5.69 Å². The largest absolute Gasteiger partial charge is 0.324 e. The van der Waals surface area contributed by atoms with Gasteiger partial charge < -0.3 is 5.32 Å². The van der Waals surface area contributed by atoms with Gasteiger partial charge in [-0.25, -0.2) is 0 Å². The minimum Gasteiger partial charge on any atom is -0.324 e. The van der Waals surface area contributed by atoms with Gasteiger partial charge in [-0.2, -0.15) is 0 Å². The van der Waals surface area contributed by atoms with Crippen LogP contribution in [0.1, 0.15) is 39.0 Å². The van der Waals surface area contributed by atoms with Gasteiger partial charge in [-0.3, -0.25) is 4.79 Å². The van der Waals surface area contributed by atoms with E-state index in [1.165, 1.54) is 32.1 Å². The molecule has 5 heteroatoms. The highest BCUT2D eigenvalue weighted by atomic mass is 35.5. The Labute approximate surface area is 134 Å². The summed E-state index contributed by atoms with van der Waals surface area (Å²) < 4.78 is 0. The molecule has 1 aliphatic rings. The second-order valence-electron chi connectivity index (χ2n) is 5.13. The Morgan fingerprint density at radius 1 is 1.30 bits per heavy atom. The van der Waals surface area contributed by atoms with Gasteiger partial charge in [0, 0.05) is 5.25 Å². The van der Waals surface area contributed by atoms with Crippen LogP contribution in [0.3, 0.4) is 0 Å². The fraction of sp³-hybridized carbons (Fsp3) is 0.533. The summed E-state index contributed by atoms with van der Waals surface area (Å²) in [4.78, 5) is 12.2. The molecule has 0 spiro atoms. The van der Waals surface area contributed by atoms with Crippen LogP contribution in [0.5, 0.6) is 0 Å². The van der Waals surface area contributed by atoms with Crippen LogP contribution in [-0.2, 0) is 4.79 Å². The van der Waals surface area contributed by atoms with Gasteiger partial charge in [-0.05, 0) is 31.9 Å². The predicted molar refractivity (Wildman–Crippen MR) is 89.0 cm³/mol. The summed E-state index contributed by atoms with van der Waals surface area (Å²) in [7, 11) is 0. The number of hydrogen-bond acceptors (Lipinski definition) is 2. The van der Waals surface area contributed by atoms with Gasteiger partial charge in [0.15, 0.2) is 0 Å². The zero-order valence-corrected chi connectivity index (χ0v) is 13.8. The maximum atomic E-state index is 12.2. The molecule has 1 N–H and O–H groups in total. The van der Waals surface area contributed by atoms with Gasteiger partial charge in [-0.1, -0.05) is 48.5 Å². The molecule has 1 aromatic carbocycles. The monoisotopic (exact) mass is 331 g/mol. The van der Waals surface area contributed by atoms with E-state index < -0.39 is 0 Å². The normalized spacial score (nSPS) is 17.8. The Kier molecular flexibility index (Phi) is 6.06. The van der Waals surface area contributed by atoms with E-state index in [4.69, 9.17) is 23.2 Å². The Morgan fingerprint density at radius 3 is 2.70 bits per heavy atom. The SMILES string of the molecule is CC(SC1CCCCC1)C(=O)Nc1cccc(Cl)c1Cl. The van der Waals surface area contributed by atoms with Gasteiger partial charge in [0.05, 0.1) is 21.0 Å². The van der Waals surface area contributed by atoms with E-state index in [2.05, 4.69) is 5.32 Å². The molecular formula is C15H19Cl2NOS. The molecule has 0 heterocycles. The van der Waals surface area contributed by atoms with Crippen LogP contribution in [0.25, 0.3) is 0 Å². The van der Waals surface area contributed by atoms with Crippen molar-refractivity contribution in [3.8, 4) is 0 Å². The predicted octanol–water partition coefficient (Wildman–Crippen LogP) is 5.39. The fourth-order valence-electron chi connectivity index (χ4n) is 2.39. The smallest absolute Gasteiger partial charge is 0.237 e. The lowest BCUT2D eigenvalue weighted by atomic mass is 10.0. The number of halogens is 2. The molecule has 1 aromatic rings. The zero-order valence-electron chi connectivity index (χ0n) is 11.5. The van der Waals surface area contributed by atoms with Crippen LogP contribution in [-0.4, -0.2) is 16.4 Å². The van der Waals surface area contributed by atoms with Crippen LogP contribution >= 0.6 is 35.0 Å². The number of amides is 1. The second-order valence-corrected chi connectivity index (χ2v) is 7.56. The van der Waals surface area contributed by atoms with Crippen LogP contribution < -0.4 is 5.32 Å². The minimum absolute atomic E-state index is 0.00950. The molecule has 20 heavy (non-hydrogen) atoms. The van der Waals surface area contributed by atoms with Crippen molar-refractivity contribution in [1.82, 2.24) is 0 Å². The fourth-order valence-corrected chi connectivity index (χ4v) is 4.10. The maximum absolute atomic E-state index is 12.2. The maximum Gasteiger partial charge on any atom is 0.237 e. The average molecular weight is 332 g/mol. The topological polar surface area (TPSA) is 29.1 Å². The van der Waals surface area contributed by atoms with Gasteiger partial charge in [-0.15, -0.1) is 11.8 Å². The lowest BCUT2D eigenvalue weighted by molar-refractivity contribution is -0.115. The minimum atomic E-state index is -0.0758. The van der Waals surface area contributed by atoms with E-state index in [1.54, 1.807) is 30.0 Å². The van der Waals surface area contributed by atoms with E-state index in [0.717, 1.165) is 0 Å². The number of carbonyl (C=O) groups excluding carboxylic acids is 1. The number of nitrogens with one attached hydrogen (secondary N) is 1. The molecular weight excluding hydrogens is 313 g/mol. The number of anilines is 1. The molecule has 0 aliphatic heterocycles. The van der Waals surface area contributed by atoms with E-state index >= 15 is 0 Å². The summed E-state index contributed by atoms with van der Waals surface area (Å²) in [6.07, 6.45) is 6.34. The first kappa shape index (κ1) is 16.0. The highest BCUT2D eigenvalue weighted by molar-refractivity contribution is 8.01. The highest BCUT2D eigenvalue weighted by Gasteiger charge is 2.22. The number of benzene rings is 1. The summed E-state index contributed by atoms with van der Waals surface area (Å²) in [5.41, 5.74) is 0.584. The first-order valence-electron chi connectivity index (χ1n) is 6.98. The summed E-state index contributed by atoms with van der Waals surface area (Å²) in [6.45, 7) is 1.95. The molecule has 1 unspecified atom stereocenters. The van der Waals surface area contributed by atoms with Crippen molar-refractivity contribution >= 4 is 46.6 Å². The third kappa shape index (κ3) is 4.31. The molecule has 2 nitrogen and oxygen atoms in total. The quantitative estimate of drug-likeness (QED) is 0.801. The molecule has 110 valence electrons. The standard InChI is InChI=1S/C15H19Cl2NOS/c1-10(20-11-6-3-2-4-7-11)15(19)18-13-9-5-8-12(16)14(13)17/h5,8-11H,2-4,6-7H2,1H3,(H,18,19). The third-order valence-electron chi connectivity index (χ3n) is 3.53. The van der Waals surface area contributed by atoms with Crippen molar-refractivity contribution in [3.05, 3.63) is 28.2 Å². The first-order chi connectivity index (χ1) is 9.58. The molecule has 1 atom stereocenters. The molecule has 0 bridgehead atoms. The lowest BCUT2D eigenvalue weighted by Crippen LogP contribution is -2.25. The van der Waals surface area contributed by atoms with Gasteiger partial charge >= 0.3 is 0 Å². The van der Waals surface area contributed by atoms with Gasteiger partial charge in [0.1, 0.15) is 0 Å². The molecule has 1 saturated carbocycles. The van der Waals surface area contributed by atoms with Crippen LogP contribution in [0.15, 0.2) is 18.2 Å². The molecule has 1 amide bonds. The summed E-state index contributed by atoms with van der Waals surface area (Å²) in [5, 5.41) is 4.25. The van der Waals surface area contributed by atoms with E-state index in [-0.39, 0.29) is 11.2 Å². The van der Waals surface area contributed by atoms with Crippen molar-refractivity contribution in [1.29, 1.82) is 0 Å². The van der Waals surface area contributed by atoms with Crippen molar-refractivity contribution in [2.45, 2.75) is 49.5 Å². The number of carbonyl (C=O) groups is 1. The van der Waals surface area contributed by atoms with Crippen molar-refractivity contribution < 1.29 is 4.79 Å². The lowest BCUT2D eigenvalue weighted by Gasteiger charge is -2.24. The second kappa shape index (κ2) is 7.58. The Morgan fingerprint density at radius 2 is 2.00 bits per heavy atom. The molecule has 1 fully saturated rings. The first-order valence-corrected chi connectivity index (χ1v) is 8.68. The average Bonchev–Trinajstić information content (AvgIpc) is 2.45. The number of thioether (sulfide) groups is 1. The Hall–Kier alpha value is -0.380. The third-order valence-corrected chi connectivity index (χ3v) is 5.82. The summed E-state index contributed by atoms with van der Waals surface area (Å²) in [5.74, 6) is -0.00950. The molecule has 0 saturated heterocycles. The van der Waals surface area contributed by atoms with Crippen molar-refractivity contribution in [2.24, 2.45) is 0 Å². The highest BCUT2D eigenvalue weighted by Crippen LogP contribution is 2.33. The molecule has 1 aliphatic carbocycles. The number of rotatable bonds is 4. The molecule has 2 rings (SSSR count). The summed E-state index contributed by atoms with van der Waals surface area (Å²) >= 11 is 13.8. The Bertz CT molecular complexity index is 475. The van der Waals surface area contributed by atoms with E-state index in [9.17, 15) is 4.79 Å². The van der Waals surface area contributed by atoms with Crippen LogP contribution in [0.2, 0.25) is 10.0 Å². The van der Waals surface area contributed by atoms with E-state index in [1.807, 2.05) is 6.92 Å². The summed E-state index contributed by atoms with van der Waals surface area (Å²) in [6, 6.07) is 5.26. The van der Waals surface area contributed by atoms with Crippen molar-refractivity contribution in [3.63, 3.8) is 0 Å². The number of hydrogen-bond donors (Lipinski definition) is 1. The zero-order chi connectivity index (χ0) is 14.5. The van der Waals surface area contributed by atoms with Gasteiger partial charge in [0.25, 0.3) is 0 Å². The molecule has 0 radical (unpaired) electrons.